The summed E-state index contributed by atoms with van der Waals surface area (Å²) in [7, 11) is 0. The Morgan fingerprint density at radius 3 is 2.88 bits per heavy atom. The zero-order valence-corrected chi connectivity index (χ0v) is 8.81. The highest BCUT2D eigenvalue weighted by Crippen LogP contribution is 2.35. The first kappa shape index (κ1) is 9.48. The van der Waals surface area contributed by atoms with E-state index in [1.165, 1.54) is 0 Å². The average molecular weight is 212 g/mol. The first-order valence-electron chi connectivity index (χ1n) is 5.38. The van der Waals surface area contributed by atoms with E-state index in [0.717, 1.165) is 23.7 Å². The van der Waals surface area contributed by atoms with E-state index in [4.69, 9.17) is 5.73 Å². The van der Waals surface area contributed by atoms with Crippen molar-refractivity contribution in [2.75, 3.05) is 0 Å². The third kappa shape index (κ3) is 1.41. The topological polar surface area (TPSA) is 56.0 Å². The number of pyridine rings is 1. The molecule has 3 heteroatoms. The van der Waals surface area contributed by atoms with E-state index < -0.39 is 5.54 Å². The van der Waals surface area contributed by atoms with Crippen LogP contribution in [0, 0.1) is 0 Å². The number of carbonyl (C=O) groups excluding carboxylic acids is 1. The molecule has 0 spiro atoms. The van der Waals surface area contributed by atoms with Crippen LogP contribution in [0.1, 0.15) is 23.2 Å². The number of carbonyl (C=O) groups is 1. The van der Waals surface area contributed by atoms with Crippen LogP contribution in [0.3, 0.4) is 0 Å². The Morgan fingerprint density at radius 2 is 2.12 bits per heavy atom. The Hall–Kier alpha value is -1.74. The van der Waals surface area contributed by atoms with Gasteiger partial charge in [-0.15, -0.1) is 0 Å². The molecule has 1 fully saturated rings. The van der Waals surface area contributed by atoms with E-state index in [-0.39, 0.29) is 5.78 Å². The quantitative estimate of drug-likeness (QED) is 0.773. The van der Waals surface area contributed by atoms with Crippen LogP contribution in [-0.2, 0) is 0 Å². The van der Waals surface area contributed by atoms with Crippen LogP contribution in [0.4, 0.5) is 0 Å². The number of ketones is 1. The molecule has 3 rings (SSSR count). The third-order valence-corrected chi connectivity index (χ3v) is 3.11. The summed E-state index contributed by atoms with van der Waals surface area (Å²) in [6.45, 7) is 0. The molecule has 1 saturated carbocycles. The van der Waals surface area contributed by atoms with E-state index in [2.05, 4.69) is 4.98 Å². The summed E-state index contributed by atoms with van der Waals surface area (Å²) in [5.41, 5.74) is 6.91. The minimum absolute atomic E-state index is 0.0539. The fourth-order valence-electron chi connectivity index (χ4n) is 1.87. The van der Waals surface area contributed by atoms with Gasteiger partial charge in [0.25, 0.3) is 0 Å². The normalized spacial score (nSPS) is 17.3. The van der Waals surface area contributed by atoms with Crippen molar-refractivity contribution in [3.05, 3.63) is 42.1 Å². The van der Waals surface area contributed by atoms with Crippen LogP contribution < -0.4 is 5.73 Å². The van der Waals surface area contributed by atoms with Gasteiger partial charge in [-0.25, -0.2) is 0 Å². The largest absolute Gasteiger partial charge is 0.319 e. The van der Waals surface area contributed by atoms with Gasteiger partial charge in [-0.3, -0.25) is 9.78 Å². The first-order valence-corrected chi connectivity index (χ1v) is 5.38. The molecule has 80 valence electrons. The maximum atomic E-state index is 12.0. The number of fused-ring (bicyclic) bond motifs is 1. The van der Waals surface area contributed by atoms with Crippen molar-refractivity contribution >= 4 is 16.7 Å². The predicted octanol–water partition coefficient (Wildman–Crippen LogP) is 1.91. The minimum atomic E-state index is -0.587. The van der Waals surface area contributed by atoms with Crippen LogP contribution >= 0.6 is 0 Å². The van der Waals surface area contributed by atoms with Crippen molar-refractivity contribution in [1.29, 1.82) is 0 Å². The van der Waals surface area contributed by atoms with Crippen molar-refractivity contribution in [2.24, 2.45) is 5.73 Å². The van der Waals surface area contributed by atoms with Crippen LogP contribution in [0.15, 0.2) is 36.5 Å². The summed E-state index contributed by atoms with van der Waals surface area (Å²) in [4.78, 5) is 16.2. The summed E-state index contributed by atoms with van der Waals surface area (Å²) in [6.07, 6.45) is 3.35. The monoisotopic (exact) mass is 212 g/mol. The van der Waals surface area contributed by atoms with Gasteiger partial charge in [0, 0.05) is 17.1 Å². The van der Waals surface area contributed by atoms with Gasteiger partial charge >= 0.3 is 0 Å². The molecule has 0 bridgehead atoms. The van der Waals surface area contributed by atoms with Gasteiger partial charge in [0.2, 0.25) is 0 Å². The molecule has 1 aliphatic rings. The summed E-state index contributed by atoms with van der Waals surface area (Å²) < 4.78 is 0. The summed E-state index contributed by atoms with van der Waals surface area (Å²) in [6, 6.07) is 9.37. The number of nitrogens with two attached hydrogens (primary N) is 1. The molecule has 1 aromatic carbocycles. The zero-order chi connectivity index (χ0) is 11.2. The summed E-state index contributed by atoms with van der Waals surface area (Å²) in [5, 5.41) is 0.984. The molecule has 0 radical (unpaired) electrons. The molecule has 3 nitrogen and oxygen atoms in total. The van der Waals surface area contributed by atoms with E-state index in [9.17, 15) is 4.79 Å². The van der Waals surface area contributed by atoms with E-state index >= 15 is 0 Å². The molecule has 2 N–H and O–H groups in total. The molecule has 0 amide bonds. The lowest BCUT2D eigenvalue weighted by Gasteiger charge is -2.07. The summed E-state index contributed by atoms with van der Waals surface area (Å²) >= 11 is 0. The molecular formula is C13H12N2O. The van der Waals surface area contributed by atoms with Gasteiger partial charge in [0.05, 0.1) is 11.1 Å². The van der Waals surface area contributed by atoms with E-state index in [1.807, 2.05) is 30.3 Å². The number of hydrogen-bond donors (Lipinski definition) is 1. The molecule has 2 aromatic rings. The van der Waals surface area contributed by atoms with Crippen molar-refractivity contribution in [1.82, 2.24) is 4.98 Å². The van der Waals surface area contributed by atoms with E-state index in [1.54, 1.807) is 6.20 Å². The van der Waals surface area contributed by atoms with Crippen molar-refractivity contribution in [2.45, 2.75) is 18.4 Å². The molecule has 1 heterocycles. The second-order valence-corrected chi connectivity index (χ2v) is 4.40. The molecular weight excluding hydrogens is 200 g/mol. The molecule has 0 atom stereocenters. The van der Waals surface area contributed by atoms with Gasteiger partial charge in [-0.1, -0.05) is 6.07 Å². The van der Waals surface area contributed by atoms with Crippen LogP contribution in [0.2, 0.25) is 0 Å². The van der Waals surface area contributed by atoms with Gasteiger partial charge in [-0.05, 0) is 37.1 Å². The Kier molecular flexibility index (Phi) is 1.85. The molecule has 1 aromatic heterocycles. The number of aromatic nitrogens is 1. The maximum Gasteiger partial charge on any atom is 0.182 e. The first-order chi connectivity index (χ1) is 7.69. The molecule has 0 aliphatic heterocycles. The minimum Gasteiger partial charge on any atom is -0.319 e. The molecule has 1 aliphatic carbocycles. The fourth-order valence-corrected chi connectivity index (χ4v) is 1.87. The number of rotatable bonds is 2. The fraction of sp³-hybridized carbons (Fsp3) is 0.231. The second-order valence-electron chi connectivity index (χ2n) is 4.40. The molecule has 16 heavy (non-hydrogen) atoms. The Balaban J connectivity index is 2.08. The van der Waals surface area contributed by atoms with E-state index in [0.29, 0.717) is 5.56 Å². The van der Waals surface area contributed by atoms with Gasteiger partial charge < -0.3 is 5.73 Å². The number of hydrogen-bond acceptors (Lipinski definition) is 3. The highest BCUT2D eigenvalue weighted by molar-refractivity contribution is 6.06. The standard InChI is InChI=1S/C13H12N2O/c14-13(5-6-13)12(16)10-3-4-11-9(8-10)2-1-7-15-11/h1-4,7-8H,5-6,14H2. The van der Waals surface area contributed by atoms with Crippen molar-refractivity contribution < 1.29 is 4.79 Å². The van der Waals surface area contributed by atoms with Crippen LogP contribution in [0.5, 0.6) is 0 Å². The Morgan fingerprint density at radius 1 is 1.31 bits per heavy atom. The molecule has 0 unspecified atom stereocenters. The van der Waals surface area contributed by atoms with Crippen LogP contribution in [-0.4, -0.2) is 16.3 Å². The highest BCUT2D eigenvalue weighted by Gasteiger charge is 2.45. The summed E-state index contributed by atoms with van der Waals surface area (Å²) in [5.74, 6) is 0.0539. The van der Waals surface area contributed by atoms with Crippen LogP contribution in [0.25, 0.3) is 10.9 Å². The zero-order valence-electron chi connectivity index (χ0n) is 8.81. The maximum absolute atomic E-state index is 12.0. The highest BCUT2D eigenvalue weighted by atomic mass is 16.1. The second kappa shape index (κ2) is 3.12. The van der Waals surface area contributed by atoms with Gasteiger partial charge in [0.15, 0.2) is 5.78 Å². The van der Waals surface area contributed by atoms with Crippen molar-refractivity contribution in [3.8, 4) is 0 Å². The SMILES string of the molecule is NC1(C(=O)c2ccc3ncccc3c2)CC1. The number of nitrogens with zero attached hydrogens (tertiary/aromatic N) is 1. The lowest BCUT2D eigenvalue weighted by molar-refractivity contribution is 0.0949. The number of Topliss-reactive ketones (excluding diaryl/α,β-unsaturated/α-hetero) is 1. The smallest absolute Gasteiger partial charge is 0.182 e. The van der Waals surface area contributed by atoms with Gasteiger partial charge in [-0.2, -0.15) is 0 Å². The Bertz CT molecular complexity index is 573. The Labute approximate surface area is 93.3 Å². The lowest BCUT2D eigenvalue weighted by Crippen LogP contribution is -2.32. The molecule has 0 saturated heterocycles. The van der Waals surface area contributed by atoms with Crippen molar-refractivity contribution in [3.63, 3.8) is 0 Å². The number of benzene rings is 1. The third-order valence-electron chi connectivity index (χ3n) is 3.11. The van der Waals surface area contributed by atoms with Gasteiger partial charge in [0.1, 0.15) is 0 Å². The lowest BCUT2D eigenvalue weighted by atomic mass is 10.0. The predicted molar refractivity (Wildman–Crippen MR) is 62.2 cm³/mol. The average Bonchev–Trinajstić information content (AvgIpc) is 3.07.